The Bertz CT molecular complexity index is 619. The summed E-state index contributed by atoms with van der Waals surface area (Å²) in [7, 11) is 1.74. The summed E-state index contributed by atoms with van der Waals surface area (Å²) in [6.45, 7) is 6.67. The van der Waals surface area contributed by atoms with Crippen LogP contribution in [0.1, 0.15) is 5.56 Å². The molecule has 1 aliphatic heterocycles. The van der Waals surface area contributed by atoms with Crippen molar-refractivity contribution in [3.63, 3.8) is 0 Å². The molecule has 0 spiro atoms. The van der Waals surface area contributed by atoms with Crippen molar-refractivity contribution >= 4 is 10.8 Å². The van der Waals surface area contributed by atoms with Crippen LogP contribution in [0.5, 0.6) is 5.75 Å². The molecule has 1 saturated heterocycles. The molecule has 0 aromatic heterocycles. The molecular formula is C18H24Cl2N2O2-2. The number of halogens is 2. The highest BCUT2D eigenvalue weighted by Gasteiger charge is 2.10. The van der Waals surface area contributed by atoms with E-state index in [-0.39, 0.29) is 24.8 Å². The van der Waals surface area contributed by atoms with Crippen molar-refractivity contribution in [2.75, 3.05) is 46.5 Å². The number of nitrogens with zero attached hydrogens (tertiary/aromatic N) is 1. The minimum atomic E-state index is 0. The van der Waals surface area contributed by atoms with Crippen LogP contribution in [-0.4, -0.2) is 51.4 Å². The Balaban J connectivity index is 0.00000144. The van der Waals surface area contributed by atoms with Gasteiger partial charge in [-0.15, -0.1) is 0 Å². The number of benzene rings is 2. The van der Waals surface area contributed by atoms with E-state index < -0.39 is 0 Å². The smallest absolute Gasteiger partial charge is 0.123 e. The number of ether oxygens (including phenoxy) is 2. The fourth-order valence-corrected chi connectivity index (χ4v) is 2.96. The molecule has 1 N–H and O–H groups in total. The zero-order chi connectivity index (χ0) is 15.2. The van der Waals surface area contributed by atoms with Crippen LogP contribution in [0.15, 0.2) is 36.4 Å². The highest BCUT2D eigenvalue weighted by Crippen LogP contribution is 2.27. The molecule has 1 fully saturated rings. The van der Waals surface area contributed by atoms with Gasteiger partial charge in [-0.2, -0.15) is 0 Å². The largest absolute Gasteiger partial charge is 1.00 e. The Morgan fingerprint density at radius 1 is 1.08 bits per heavy atom. The lowest BCUT2D eigenvalue weighted by molar-refractivity contribution is -0.00100. The van der Waals surface area contributed by atoms with E-state index in [4.69, 9.17) is 9.47 Å². The number of hydrogen-bond acceptors (Lipinski definition) is 4. The van der Waals surface area contributed by atoms with Crippen molar-refractivity contribution in [1.82, 2.24) is 10.2 Å². The number of hydrogen-bond donors (Lipinski definition) is 1. The minimum absolute atomic E-state index is 0. The molecule has 0 aliphatic carbocycles. The predicted molar refractivity (Wildman–Crippen MR) is 89.5 cm³/mol. The van der Waals surface area contributed by atoms with Gasteiger partial charge in [0.2, 0.25) is 0 Å². The van der Waals surface area contributed by atoms with Crippen molar-refractivity contribution in [2.45, 2.75) is 6.54 Å². The molecule has 1 aliphatic rings. The lowest BCUT2D eigenvalue weighted by Gasteiger charge is -2.26. The maximum absolute atomic E-state index is 5.53. The van der Waals surface area contributed by atoms with Gasteiger partial charge in [0, 0.05) is 38.3 Å². The highest BCUT2D eigenvalue weighted by atomic mass is 35.5. The molecule has 6 heteroatoms. The molecule has 4 nitrogen and oxygen atoms in total. The molecule has 0 amide bonds. The van der Waals surface area contributed by atoms with E-state index in [9.17, 15) is 0 Å². The van der Waals surface area contributed by atoms with Gasteiger partial charge in [0.05, 0.1) is 20.3 Å². The second kappa shape index (κ2) is 10.7. The van der Waals surface area contributed by atoms with Crippen LogP contribution in [0.2, 0.25) is 0 Å². The zero-order valence-electron chi connectivity index (χ0n) is 13.9. The van der Waals surface area contributed by atoms with Crippen LogP contribution in [0.4, 0.5) is 0 Å². The first-order valence-corrected chi connectivity index (χ1v) is 7.94. The molecule has 0 saturated carbocycles. The number of morpholine rings is 1. The van der Waals surface area contributed by atoms with Gasteiger partial charge in [0.1, 0.15) is 5.75 Å². The molecule has 0 bridgehead atoms. The Morgan fingerprint density at radius 2 is 1.83 bits per heavy atom. The van der Waals surface area contributed by atoms with Crippen LogP contribution in [0.25, 0.3) is 10.8 Å². The third-order valence-corrected chi connectivity index (χ3v) is 4.23. The lowest BCUT2D eigenvalue weighted by Crippen LogP contribution is -3.00. The molecule has 0 radical (unpaired) electrons. The SMILES string of the molecule is COc1ccc2ccccc2c1CNCCN1CCOCC1.[Cl-].[Cl-]. The van der Waals surface area contributed by atoms with E-state index in [1.807, 2.05) is 0 Å². The molecule has 1 heterocycles. The second-order valence-electron chi connectivity index (χ2n) is 5.60. The molecule has 3 rings (SSSR count). The summed E-state index contributed by atoms with van der Waals surface area (Å²) in [5.41, 5.74) is 1.24. The number of rotatable bonds is 6. The Morgan fingerprint density at radius 3 is 2.58 bits per heavy atom. The fourth-order valence-electron chi connectivity index (χ4n) is 2.96. The zero-order valence-corrected chi connectivity index (χ0v) is 15.4. The van der Waals surface area contributed by atoms with E-state index in [2.05, 4.69) is 46.6 Å². The molecule has 2 aromatic rings. The minimum Gasteiger partial charge on any atom is -1.00 e. The van der Waals surface area contributed by atoms with Crippen LogP contribution in [0, 0.1) is 0 Å². The summed E-state index contributed by atoms with van der Waals surface area (Å²) < 4.78 is 10.9. The second-order valence-corrected chi connectivity index (χ2v) is 5.60. The quantitative estimate of drug-likeness (QED) is 0.530. The van der Waals surface area contributed by atoms with E-state index in [0.29, 0.717) is 0 Å². The van der Waals surface area contributed by atoms with E-state index in [1.54, 1.807) is 7.11 Å². The number of nitrogens with one attached hydrogen (secondary N) is 1. The third-order valence-electron chi connectivity index (χ3n) is 4.23. The Kier molecular flexibility index (Phi) is 9.41. The van der Waals surface area contributed by atoms with Crippen molar-refractivity contribution in [2.24, 2.45) is 0 Å². The number of methoxy groups -OCH3 is 1. The summed E-state index contributed by atoms with van der Waals surface area (Å²) in [6, 6.07) is 12.6. The van der Waals surface area contributed by atoms with Crippen LogP contribution >= 0.6 is 0 Å². The van der Waals surface area contributed by atoms with E-state index in [1.165, 1.54) is 16.3 Å². The molecule has 0 unspecified atom stereocenters. The first kappa shape index (κ1) is 21.0. The van der Waals surface area contributed by atoms with Gasteiger partial charge in [0.15, 0.2) is 0 Å². The molecular weight excluding hydrogens is 347 g/mol. The van der Waals surface area contributed by atoms with Crippen LogP contribution in [0.3, 0.4) is 0 Å². The normalized spacial score (nSPS) is 14.7. The highest BCUT2D eigenvalue weighted by molar-refractivity contribution is 5.87. The maximum atomic E-state index is 5.53. The van der Waals surface area contributed by atoms with Crippen molar-refractivity contribution < 1.29 is 34.3 Å². The predicted octanol–water partition coefficient (Wildman–Crippen LogP) is -3.72. The number of fused-ring (bicyclic) bond motifs is 1. The molecule has 24 heavy (non-hydrogen) atoms. The summed E-state index contributed by atoms with van der Waals surface area (Å²) in [5.74, 6) is 0.956. The van der Waals surface area contributed by atoms with Gasteiger partial charge in [-0.25, -0.2) is 0 Å². The molecule has 2 aromatic carbocycles. The fraction of sp³-hybridized carbons (Fsp3) is 0.444. The van der Waals surface area contributed by atoms with Gasteiger partial charge >= 0.3 is 0 Å². The van der Waals surface area contributed by atoms with Crippen molar-refractivity contribution in [1.29, 1.82) is 0 Å². The van der Waals surface area contributed by atoms with Gasteiger partial charge in [-0.1, -0.05) is 30.3 Å². The van der Waals surface area contributed by atoms with Crippen LogP contribution < -0.4 is 34.9 Å². The van der Waals surface area contributed by atoms with E-state index >= 15 is 0 Å². The monoisotopic (exact) mass is 370 g/mol. The summed E-state index contributed by atoms with van der Waals surface area (Å²) in [5, 5.41) is 6.08. The van der Waals surface area contributed by atoms with Gasteiger partial charge < -0.3 is 39.6 Å². The lowest BCUT2D eigenvalue weighted by atomic mass is 10.0. The van der Waals surface area contributed by atoms with Crippen molar-refractivity contribution in [3.8, 4) is 5.75 Å². The van der Waals surface area contributed by atoms with Gasteiger partial charge in [0.25, 0.3) is 0 Å². The Labute approximate surface area is 156 Å². The van der Waals surface area contributed by atoms with Gasteiger partial charge in [-0.05, 0) is 16.8 Å². The summed E-state index contributed by atoms with van der Waals surface area (Å²) in [6.07, 6.45) is 0. The van der Waals surface area contributed by atoms with Crippen molar-refractivity contribution in [3.05, 3.63) is 42.0 Å². The van der Waals surface area contributed by atoms with E-state index in [0.717, 1.165) is 51.7 Å². The third kappa shape index (κ3) is 5.23. The standard InChI is InChI=1S/C18H24N2O2.2ClH/c1-21-18-7-6-15-4-2-3-5-16(15)17(18)14-19-8-9-20-10-12-22-13-11-20;;/h2-7,19H,8-14H2,1H3;2*1H/p-2. The average Bonchev–Trinajstić information content (AvgIpc) is 2.59. The molecule has 134 valence electrons. The first-order valence-electron chi connectivity index (χ1n) is 7.94. The summed E-state index contributed by atoms with van der Waals surface area (Å²) in [4.78, 5) is 2.44. The van der Waals surface area contributed by atoms with Crippen LogP contribution in [-0.2, 0) is 11.3 Å². The summed E-state index contributed by atoms with van der Waals surface area (Å²) >= 11 is 0. The molecule has 0 atom stereocenters. The topological polar surface area (TPSA) is 33.7 Å². The maximum Gasteiger partial charge on any atom is 0.123 e. The first-order chi connectivity index (χ1) is 10.9. The average molecular weight is 371 g/mol. The Hall–Kier alpha value is -1.04. The van der Waals surface area contributed by atoms with Gasteiger partial charge in [-0.3, -0.25) is 4.90 Å².